The Morgan fingerprint density at radius 3 is 2.52 bits per heavy atom. The van der Waals surface area contributed by atoms with Crippen LogP contribution in [-0.4, -0.2) is 36.4 Å². The SMILES string of the molecule is COc1cc2c(cc1-c1ccc(C(N)=O)cn1)OCO2.O=CO. The van der Waals surface area contributed by atoms with Gasteiger partial charge in [0.1, 0.15) is 5.75 Å². The van der Waals surface area contributed by atoms with E-state index < -0.39 is 5.91 Å². The third-order valence-electron chi connectivity index (χ3n) is 3.02. The van der Waals surface area contributed by atoms with Gasteiger partial charge in [0.05, 0.1) is 18.4 Å². The van der Waals surface area contributed by atoms with Crippen molar-refractivity contribution in [2.24, 2.45) is 5.73 Å². The Hall–Kier alpha value is -3.29. The summed E-state index contributed by atoms with van der Waals surface area (Å²) in [6.07, 6.45) is 1.43. The Bertz CT molecular complexity index is 715. The molecule has 3 rings (SSSR count). The molecule has 1 aromatic heterocycles. The third-order valence-corrected chi connectivity index (χ3v) is 3.02. The lowest BCUT2D eigenvalue weighted by Crippen LogP contribution is -2.11. The van der Waals surface area contributed by atoms with Gasteiger partial charge in [-0.05, 0) is 18.2 Å². The maximum absolute atomic E-state index is 11.0. The molecule has 3 N–H and O–H groups in total. The van der Waals surface area contributed by atoms with Gasteiger partial charge in [0, 0.05) is 17.8 Å². The van der Waals surface area contributed by atoms with Crippen LogP contribution in [0.2, 0.25) is 0 Å². The van der Waals surface area contributed by atoms with Crippen LogP contribution in [0.15, 0.2) is 30.5 Å². The first-order valence-corrected chi connectivity index (χ1v) is 6.42. The molecule has 8 heteroatoms. The molecule has 0 spiro atoms. The average Bonchev–Trinajstić information content (AvgIpc) is 3.01. The number of carboxylic acid groups (broad SMARTS) is 1. The molecule has 0 saturated carbocycles. The van der Waals surface area contributed by atoms with Crippen LogP contribution in [0.1, 0.15) is 10.4 Å². The van der Waals surface area contributed by atoms with Crippen molar-refractivity contribution in [3.63, 3.8) is 0 Å². The van der Waals surface area contributed by atoms with Gasteiger partial charge in [-0.25, -0.2) is 0 Å². The monoisotopic (exact) mass is 318 g/mol. The molecule has 8 nitrogen and oxygen atoms in total. The number of hydrogen-bond donors (Lipinski definition) is 2. The summed E-state index contributed by atoms with van der Waals surface area (Å²) in [5.74, 6) is 1.39. The van der Waals surface area contributed by atoms with Gasteiger partial charge in [-0.1, -0.05) is 0 Å². The lowest BCUT2D eigenvalue weighted by Gasteiger charge is -2.09. The lowest BCUT2D eigenvalue weighted by atomic mass is 10.1. The minimum absolute atomic E-state index is 0.190. The van der Waals surface area contributed by atoms with Crippen LogP contribution in [0.5, 0.6) is 17.2 Å². The predicted octanol–water partition coefficient (Wildman–Crippen LogP) is 1.29. The van der Waals surface area contributed by atoms with Gasteiger partial charge in [-0.3, -0.25) is 14.6 Å². The fourth-order valence-electron chi connectivity index (χ4n) is 1.99. The first-order chi connectivity index (χ1) is 11.1. The van der Waals surface area contributed by atoms with Crippen molar-refractivity contribution in [2.75, 3.05) is 13.9 Å². The predicted molar refractivity (Wildman–Crippen MR) is 79.6 cm³/mol. The Labute approximate surface area is 131 Å². The molecule has 2 aromatic rings. The van der Waals surface area contributed by atoms with E-state index in [2.05, 4.69) is 4.98 Å². The zero-order valence-electron chi connectivity index (χ0n) is 12.2. The number of fused-ring (bicyclic) bond motifs is 1. The highest BCUT2D eigenvalue weighted by Gasteiger charge is 2.19. The number of hydrogen-bond acceptors (Lipinski definition) is 6. The smallest absolute Gasteiger partial charge is 0.290 e. The number of carbonyl (C=O) groups is 2. The molecular weight excluding hydrogens is 304 g/mol. The molecule has 0 aliphatic carbocycles. The normalized spacial score (nSPS) is 11.2. The van der Waals surface area contributed by atoms with Crippen LogP contribution in [0.3, 0.4) is 0 Å². The first-order valence-electron chi connectivity index (χ1n) is 6.42. The van der Waals surface area contributed by atoms with Crippen LogP contribution in [-0.2, 0) is 4.79 Å². The number of aromatic nitrogens is 1. The third kappa shape index (κ3) is 3.49. The van der Waals surface area contributed by atoms with Crippen LogP contribution in [0.25, 0.3) is 11.3 Å². The molecule has 1 aromatic carbocycles. The average molecular weight is 318 g/mol. The number of rotatable bonds is 3. The highest BCUT2D eigenvalue weighted by atomic mass is 16.7. The van der Waals surface area contributed by atoms with E-state index in [1.165, 1.54) is 6.20 Å². The summed E-state index contributed by atoms with van der Waals surface area (Å²) in [7, 11) is 1.57. The Morgan fingerprint density at radius 2 is 2.00 bits per heavy atom. The number of ether oxygens (including phenoxy) is 3. The summed E-state index contributed by atoms with van der Waals surface area (Å²) in [6, 6.07) is 6.88. The summed E-state index contributed by atoms with van der Waals surface area (Å²) < 4.78 is 16.0. The van der Waals surface area contributed by atoms with Gasteiger partial charge in [0.25, 0.3) is 6.47 Å². The second kappa shape index (κ2) is 7.12. The number of primary amides is 1. The fraction of sp³-hybridized carbons (Fsp3) is 0.133. The molecule has 2 heterocycles. The maximum Gasteiger partial charge on any atom is 0.290 e. The standard InChI is InChI=1S/C14H12N2O4.CH2O2/c1-18-11-5-13-12(19-7-20-13)4-9(11)10-3-2-8(6-16-10)14(15)17;2-1-3/h2-6H,7H2,1H3,(H2,15,17);1H,(H,2,3). The van der Waals surface area contributed by atoms with Crippen LogP contribution < -0.4 is 19.9 Å². The highest BCUT2D eigenvalue weighted by Crippen LogP contribution is 2.41. The van der Waals surface area contributed by atoms with E-state index in [0.29, 0.717) is 28.5 Å². The molecule has 0 fully saturated rings. The Morgan fingerprint density at radius 1 is 1.35 bits per heavy atom. The number of carbonyl (C=O) groups excluding carboxylic acids is 1. The second-order valence-electron chi connectivity index (χ2n) is 4.31. The number of benzene rings is 1. The highest BCUT2D eigenvalue weighted by molar-refractivity contribution is 5.92. The quantitative estimate of drug-likeness (QED) is 0.818. The van der Waals surface area contributed by atoms with Crippen molar-refractivity contribution >= 4 is 12.4 Å². The van der Waals surface area contributed by atoms with Gasteiger partial charge < -0.3 is 25.1 Å². The number of pyridine rings is 1. The van der Waals surface area contributed by atoms with E-state index >= 15 is 0 Å². The molecule has 0 atom stereocenters. The fourth-order valence-corrected chi connectivity index (χ4v) is 1.99. The lowest BCUT2D eigenvalue weighted by molar-refractivity contribution is -0.122. The molecule has 23 heavy (non-hydrogen) atoms. The molecule has 1 aliphatic heterocycles. The summed E-state index contributed by atoms with van der Waals surface area (Å²) in [6.45, 7) is -0.0595. The first kappa shape index (κ1) is 16.1. The maximum atomic E-state index is 11.0. The summed E-state index contributed by atoms with van der Waals surface area (Å²) >= 11 is 0. The van der Waals surface area contributed by atoms with E-state index in [4.69, 9.17) is 29.8 Å². The van der Waals surface area contributed by atoms with Crippen molar-refractivity contribution in [1.82, 2.24) is 4.98 Å². The Kier molecular flexibility index (Phi) is 4.98. The molecule has 0 saturated heterocycles. The van der Waals surface area contributed by atoms with Crippen molar-refractivity contribution in [3.05, 3.63) is 36.0 Å². The zero-order chi connectivity index (χ0) is 16.8. The number of methoxy groups -OCH3 is 1. The largest absolute Gasteiger partial charge is 0.496 e. The van der Waals surface area contributed by atoms with Gasteiger partial charge in [-0.2, -0.15) is 0 Å². The van der Waals surface area contributed by atoms with Crippen LogP contribution in [0.4, 0.5) is 0 Å². The van der Waals surface area contributed by atoms with Gasteiger partial charge in [0.15, 0.2) is 11.5 Å². The number of amides is 1. The Balaban J connectivity index is 0.000000595. The second-order valence-corrected chi connectivity index (χ2v) is 4.31. The molecule has 0 unspecified atom stereocenters. The molecule has 1 amide bonds. The molecule has 120 valence electrons. The molecule has 0 radical (unpaired) electrons. The van der Waals surface area contributed by atoms with Crippen LogP contribution >= 0.6 is 0 Å². The summed E-state index contributed by atoms with van der Waals surface area (Å²) in [5.41, 5.74) is 6.96. The minimum atomic E-state index is -0.512. The number of nitrogens with two attached hydrogens (primary N) is 1. The van der Waals surface area contributed by atoms with E-state index in [1.807, 2.05) is 0 Å². The van der Waals surface area contributed by atoms with Crippen molar-refractivity contribution in [2.45, 2.75) is 0 Å². The van der Waals surface area contributed by atoms with E-state index in [1.54, 1.807) is 31.4 Å². The van der Waals surface area contributed by atoms with Crippen molar-refractivity contribution in [3.8, 4) is 28.5 Å². The summed E-state index contributed by atoms with van der Waals surface area (Å²) in [5, 5.41) is 6.89. The van der Waals surface area contributed by atoms with Crippen molar-refractivity contribution < 1.29 is 28.9 Å². The van der Waals surface area contributed by atoms with E-state index in [-0.39, 0.29) is 13.3 Å². The van der Waals surface area contributed by atoms with Crippen LogP contribution in [0, 0.1) is 0 Å². The van der Waals surface area contributed by atoms with Gasteiger partial charge in [0.2, 0.25) is 12.7 Å². The minimum Gasteiger partial charge on any atom is -0.496 e. The topological polar surface area (TPSA) is 121 Å². The molecular formula is C15H14N2O6. The molecule has 0 bridgehead atoms. The van der Waals surface area contributed by atoms with Crippen molar-refractivity contribution in [1.29, 1.82) is 0 Å². The van der Waals surface area contributed by atoms with Gasteiger partial charge >= 0.3 is 0 Å². The summed E-state index contributed by atoms with van der Waals surface area (Å²) in [4.78, 5) is 23.6. The zero-order valence-corrected chi connectivity index (χ0v) is 12.2. The van der Waals surface area contributed by atoms with Gasteiger partial charge in [-0.15, -0.1) is 0 Å². The van der Waals surface area contributed by atoms with E-state index in [9.17, 15) is 4.79 Å². The van der Waals surface area contributed by atoms with E-state index in [0.717, 1.165) is 5.56 Å². The number of nitrogens with zero attached hydrogens (tertiary/aromatic N) is 1. The molecule has 1 aliphatic rings.